The van der Waals surface area contributed by atoms with E-state index >= 15 is 0 Å². The minimum Gasteiger partial charge on any atom is -0.349 e. The van der Waals surface area contributed by atoms with Gasteiger partial charge >= 0.3 is 0 Å². The molecule has 0 rings (SSSR count). The van der Waals surface area contributed by atoms with Gasteiger partial charge in [0, 0.05) is 33.6 Å². The van der Waals surface area contributed by atoms with Crippen LogP contribution in [0.4, 0.5) is 0 Å². The van der Waals surface area contributed by atoms with Crippen molar-refractivity contribution in [2.45, 2.75) is 162 Å². The largest absolute Gasteiger partial charge is 0.349 e. The molecule has 0 heterocycles. The van der Waals surface area contributed by atoms with Crippen LogP contribution in [-0.4, -0.2) is 48.3 Å². The molecule has 0 aliphatic rings. The first-order valence-corrected chi connectivity index (χ1v) is 15.1. The van der Waals surface area contributed by atoms with Gasteiger partial charge in [-0.1, -0.05) is 136 Å². The summed E-state index contributed by atoms with van der Waals surface area (Å²) in [7, 11) is 3.69. The minimum atomic E-state index is 0. The van der Waals surface area contributed by atoms with E-state index in [1.807, 2.05) is 14.1 Å². The van der Waals surface area contributed by atoms with Crippen LogP contribution in [0.15, 0.2) is 0 Å². The number of rotatable bonds is 24. The molecule has 1 amide bonds. The highest BCUT2D eigenvalue weighted by molar-refractivity contribution is 5.85. The number of hydroxylamine groups is 2. The highest BCUT2D eigenvalue weighted by atomic mass is 35.5. The van der Waals surface area contributed by atoms with Crippen molar-refractivity contribution in [3.63, 3.8) is 0 Å². The van der Waals surface area contributed by atoms with Gasteiger partial charge in [0.05, 0.1) is 0 Å². The van der Waals surface area contributed by atoms with Crippen LogP contribution in [-0.2, 0) is 4.79 Å². The molecule has 0 spiro atoms. The standard InChI is InChI=1S/C24H49NO.C6H15NO.ClH/c1-4-5-6-7-8-9-10-11-12-13-14-15-16-17-18-19-20-21-22-23-24(26)25(2)3;1-3-5-7(8)6-4-2;/h4-23H2,1-3H3;8H,3-6H2,1-2H3;1H. The van der Waals surface area contributed by atoms with Crippen LogP contribution in [0.1, 0.15) is 162 Å². The second kappa shape index (κ2) is 33.7. The third-order valence-corrected chi connectivity index (χ3v) is 6.46. The molecule has 0 aromatic carbocycles. The van der Waals surface area contributed by atoms with Crippen LogP contribution < -0.4 is 0 Å². The van der Waals surface area contributed by atoms with Gasteiger partial charge in [-0.05, 0) is 19.3 Å². The molecule has 0 saturated carbocycles. The number of hydrogen-bond acceptors (Lipinski definition) is 3. The van der Waals surface area contributed by atoms with Crippen molar-refractivity contribution in [3.05, 3.63) is 0 Å². The first-order chi connectivity index (χ1) is 16.5. The Kier molecular flexibility index (Phi) is 37.7. The lowest BCUT2D eigenvalue weighted by Crippen LogP contribution is -2.20. The van der Waals surface area contributed by atoms with E-state index < -0.39 is 0 Å². The summed E-state index contributed by atoms with van der Waals surface area (Å²) in [4.78, 5) is 13.2. The Labute approximate surface area is 227 Å². The summed E-state index contributed by atoms with van der Waals surface area (Å²) in [5.74, 6) is 0.275. The molecule has 0 aliphatic carbocycles. The maximum absolute atomic E-state index is 11.5. The highest BCUT2D eigenvalue weighted by Gasteiger charge is 2.02. The SMILES string of the molecule is CCCCCCCCCCCCCCCCCCCCCC(=O)N(C)C.CCCN(O)CCC.Cl. The van der Waals surface area contributed by atoms with Gasteiger partial charge in [0.2, 0.25) is 5.91 Å². The van der Waals surface area contributed by atoms with Crippen molar-refractivity contribution in [2.75, 3.05) is 27.2 Å². The average Bonchev–Trinajstić information content (AvgIpc) is 2.81. The maximum Gasteiger partial charge on any atom is 0.222 e. The van der Waals surface area contributed by atoms with Gasteiger partial charge in [0.25, 0.3) is 0 Å². The van der Waals surface area contributed by atoms with E-state index in [0.29, 0.717) is 0 Å². The molecule has 0 radical (unpaired) electrons. The van der Waals surface area contributed by atoms with Crippen molar-refractivity contribution >= 4 is 18.3 Å². The lowest BCUT2D eigenvalue weighted by Gasteiger charge is -2.10. The van der Waals surface area contributed by atoms with Gasteiger partial charge in [-0.3, -0.25) is 4.79 Å². The maximum atomic E-state index is 11.5. The Morgan fingerprint density at radius 3 is 1.06 bits per heavy atom. The lowest BCUT2D eigenvalue weighted by molar-refractivity contribution is -0.128. The van der Waals surface area contributed by atoms with Gasteiger partial charge in [-0.15, -0.1) is 12.4 Å². The Balaban J connectivity index is -0.000000972. The van der Waals surface area contributed by atoms with Gasteiger partial charge in [0.15, 0.2) is 0 Å². The van der Waals surface area contributed by atoms with E-state index in [1.54, 1.807) is 4.90 Å². The van der Waals surface area contributed by atoms with E-state index in [1.165, 1.54) is 121 Å². The summed E-state index contributed by atoms with van der Waals surface area (Å²) in [6, 6.07) is 0. The van der Waals surface area contributed by atoms with Crippen LogP contribution in [0.25, 0.3) is 0 Å². The fourth-order valence-electron chi connectivity index (χ4n) is 4.21. The molecule has 0 bridgehead atoms. The first-order valence-electron chi connectivity index (χ1n) is 15.1. The van der Waals surface area contributed by atoms with Crippen molar-refractivity contribution in [1.82, 2.24) is 9.96 Å². The summed E-state index contributed by atoms with van der Waals surface area (Å²) >= 11 is 0. The fraction of sp³-hybridized carbons (Fsp3) is 0.967. The third kappa shape index (κ3) is 35.9. The molecule has 0 aromatic heterocycles. The summed E-state index contributed by atoms with van der Waals surface area (Å²) < 4.78 is 0. The van der Waals surface area contributed by atoms with Crippen molar-refractivity contribution < 1.29 is 10.0 Å². The van der Waals surface area contributed by atoms with Gasteiger partial charge in [-0.2, -0.15) is 5.06 Å². The van der Waals surface area contributed by atoms with E-state index in [9.17, 15) is 4.79 Å². The van der Waals surface area contributed by atoms with Crippen LogP contribution in [0, 0.1) is 0 Å². The smallest absolute Gasteiger partial charge is 0.222 e. The molecule has 35 heavy (non-hydrogen) atoms. The number of unbranched alkanes of at least 4 members (excludes halogenated alkanes) is 18. The quantitative estimate of drug-likeness (QED) is 0.102. The summed E-state index contributed by atoms with van der Waals surface area (Å²) in [6.07, 6.45) is 29.3. The van der Waals surface area contributed by atoms with Gasteiger partial charge in [-0.25, -0.2) is 0 Å². The van der Waals surface area contributed by atoms with Crippen LogP contribution in [0.3, 0.4) is 0 Å². The van der Waals surface area contributed by atoms with E-state index in [0.717, 1.165) is 38.8 Å². The second-order valence-electron chi connectivity index (χ2n) is 10.4. The molecule has 214 valence electrons. The number of carbonyl (C=O) groups is 1. The number of hydrogen-bond donors (Lipinski definition) is 1. The molecular formula is C30H65ClN2O2. The third-order valence-electron chi connectivity index (χ3n) is 6.46. The highest BCUT2D eigenvalue weighted by Crippen LogP contribution is 2.14. The Morgan fingerprint density at radius 1 is 0.514 bits per heavy atom. The average molecular weight is 521 g/mol. The van der Waals surface area contributed by atoms with Gasteiger partial charge < -0.3 is 10.1 Å². The van der Waals surface area contributed by atoms with Crippen molar-refractivity contribution in [2.24, 2.45) is 0 Å². The zero-order valence-corrected chi connectivity index (χ0v) is 25.4. The predicted octanol–water partition coefficient (Wildman–Crippen LogP) is 9.82. The lowest BCUT2D eigenvalue weighted by atomic mass is 10.0. The summed E-state index contributed by atoms with van der Waals surface area (Å²) in [5.41, 5.74) is 0. The second-order valence-corrected chi connectivity index (χ2v) is 10.4. The van der Waals surface area contributed by atoms with E-state index in [-0.39, 0.29) is 18.3 Å². The molecule has 0 aromatic rings. The summed E-state index contributed by atoms with van der Waals surface area (Å²) in [5, 5.41) is 10.2. The summed E-state index contributed by atoms with van der Waals surface area (Å²) in [6.45, 7) is 8.00. The molecule has 0 atom stereocenters. The molecule has 5 heteroatoms. The Hall–Kier alpha value is -0.320. The number of carbonyl (C=O) groups excluding carboxylic acids is 1. The van der Waals surface area contributed by atoms with E-state index in [4.69, 9.17) is 5.21 Å². The number of amides is 1. The monoisotopic (exact) mass is 520 g/mol. The zero-order chi connectivity index (χ0) is 25.7. The van der Waals surface area contributed by atoms with Crippen molar-refractivity contribution in [1.29, 1.82) is 0 Å². The van der Waals surface area contributed by atoms with Crippen LogP contribution in [0.2, 0.25) is 0 Å². The van der Waals surface area contributed by atoms with Crippen molar-refractivity contribution in [3.8, 4) is 0 Å². The van der Waals surface area contributed by atoms with E-state index in [2.05, 4.69) is 20.8 Å². The Morgan fingerprint density at radius 2 is 0.800 bits per heavy atom. The molecular weight excluding hydrogens is 456 g/mol. The number of halogens is 1. The first kappa shape index (κ1) is 39.2. The molecule has 0 unspecified atom stereocenters. The molecule has 0 saturated heterocycles. The normalized spacial score (nSPS) is 10.6. The topological polar surface area (TPSA) is 43.8 Å². The molecule has 0 fully saturated rings. The molecule has 0 aliphatic heterocycles. The minimum absolute atomic E-state index is 0. The molecule has 4 nitrogen and oxygen atoms in total. The predicted molar refractivity (Wildman–Crippen MR) is 158 cm³/mol. The number of nitrogens with zero attached hydrogens (tertiary/aromatic N) is 2. The fourth-order valence-corrected chi connectivity index (χ4v) is 4.21. The molecule has 1 N–H and O–H groups in total. The zero-order valence-electron chi connectivity index (χ0n) is 24.6. The van der Waals surface area contributed by atoms with Gasteiger partial charge in [0.1, 0.15) is 0 Å². The van der Waals surface area contributed by atoms with Crippen LogP contribution in [0.5, 0.6) is 0 Å². The Bertz CT molecular complexity index is 389. The van der Waals surface area contributed by atoms with Crippen LogP contribution >= 0.6 is 12.4 Å².